The van der Waals surface area contributed by atoms with Gasteiger partial charge in [0.15, 0.2) is 0 Å². The fourth-order valence-corrected chi connectivity index (χ4v) is 5.37. The van der Waals surface area contributed by atoms with Crippen molar-refractivity contribution in [2.24, 2.45) is 0 Å². The van der Waals surface area contributed by atoms with Gasteiger partial charge in [0.1, 0.15) is 11.6 Å². The van der Waals surface area contributed by atoms with E-state index in [1.165, 1.54) is 31.3 Å². The SMILES string of the molecule is CN1C(=O)c2cc(F)c3c4ccc5c6c(ccc(c7c(F)cc(c2c37)C1=O)c64)C(=O)[N-]C5=O.[Rb+]. The summed E-state index contributed by atoms with van der Waals surface area (Å²) in [6, 6.07) is 8.09. The average Bonchev–Trinajstić information content (AvgIpc) is 2.79. The van der Waals surface area contributed by atoms with Crippen molar-refractivity contribution in [1.29, 1.82) is 0 Å². The zero-order chi connectivity index (χ0) is 22.9. The van der Waals surface area contributed by atoms with Crippen LogP contribution in [0.3, 0.4) is 0 Å². The van der Waals surface area contributed by atoms with Crippen molar-refractivity contribution < 1.29 is 86.1 Å². The minimum Gasteiger partial charge on any atom is -0.587 e. The second-order valence-corrected chi connectivity index (χ2v) is 8.27. The van der Waals surface area contributed by atoms with Gasteiger partial charge in [-0.3, -0.25) is 14.5 Å². The summed E-state index contributed by atoms with van der Waals surface area (Å²) in [7, 11) is 1.26. The van der Waals surface area contributed by atoms with Crippen LogP contribution in [0.25, 0.3) is 48.4 Å². The summed E-state index contributed by atoms with van der Waals surface area (Å²) in [4.78, 5) is 51.2. The Morgan fingerprint density at radius 2 is 1.06 bits per heavy atom. The van der Waals surface area contributed by atoms with Crippen LogP contribution in [0, 0.1) is 11.6 Å². The number of nitrogens with zero attached hydrogens (tertiary/aromatic N) is 2. The van der Waals surface area contributed by atoms with E-state index in [1.807, 2.05) is 0 Å². The van der Waals surface area contributed by atoms with Crippen LogP contribution in [0.15, 0.2) is 36.4 Å². The van der Waals surface area contributed by atoms with E-state index < -0.39 is 35.3 Å². The maximum atomic E-state index is 15.6. The van der Waals surface area contributed by atoms with Crippen molar-refractivity contribution in [3.8, 4) is 0 Å². The summed E-state index contributed by atoms with van der Waals surface area (Å²) < 4.78 is 31.2. The number of carbonyl (C=O) groups excluding carboxylic acids is 4. The quantitative estimate of drug-likeness (QED) is 0.176. The molecule has 0 fully saturated rings. The van der Waals surface area contributed by atoms with Crippen LogP contribution in [0.4, 0.5) is 8.78 Å². The third-order valence-corrected chi connectivity index (χ3v) is 6.74. The molecule has 9 heteroatoms. The summed E-state index contributed by atoms with van der Waals surface area (Å²) in [5.41, 5.74) is 0.296. The molecule has 34 heavy (non-hydrogen) atoms. The zero-order valence-corrected chi connectivity index (χ0v) is 22.7. The Morgan fingerprint density at radius 1 is 0.618 bits per heavy atom. The Hall–Kier alpha value is -2.65. The summed E-state index contributed by atoms with van der Waals surface area (Å²) in [6.45, 7) is 0. The molecule has 0 atom stereocenters. The van der Waals surface area contributed by atoms with Crippen LogP contribution in [0.2, 0.25) is 0 Å². The molecule has 4 amide bonds. The molecule has 0 saturated heterocycles. The first kappa shape index (κ1) is 21.9. The molecule has 0 aromatic heterocycles. The zero-order valence-electron chi connectivity index (χ0n) is 17.7. The summed E-state index contributed by atoms with van der Waals surface area (Å²) >= 11 is 0. The molecule has 2 heterocycles. The number of imide groups is 2. The van der Waals surface area contributed by atoms with E-state index in [0.29, 0.717) is 21.5 Å². The molecule has 6 nitrogen and oxygen atoms in total. The molecule has 2 aliphatic heterocycles. The molecular formula is C25H9F2N2O4Rb. The molecule has 158 valence electrons. The topological polar surface area (TPSA) is 85.6 Å². The van der Waals surface area contributed by atoms with Crippen molar-refractivity contribution >= 4 is 66.7 Å². The van der Waals surface area contributed by atoms with Gasteiger partial charge in [0, 0.05) is 45.1 Å². The molecule has 5 aromatic rings. The molecule has 2 aliphatic rings. The first-order valence-electron chi connectivity index (χ1n) is 10.0. The minimum atomic E-state index is -0.768. The van der Waals surface area contributed by atoms with Gasteiger partial charge in [0.05, 0.1) is 22.9 Å². The summed E-state index contributed by atoms with van der Waals surface area (Å²) in [6.07, 6.45) is 0. The predicted molar refractivity (Wildman–Crippen MR) is 116 cm³/mol. The molecule has 0 bridgehead atoms. The number of fused-ring (bicyclic) bond motifs is 2. The molecule has 0 radical (unpaired) electrons. The van der Waals surface area contributed by atoms with Crippen molar-refractivity contribution in [3.63, 3.8) is 0 Å². The number of amides is 4. The van der Waals surface area contributed by atoms with E-state index in [4.69, 9.17) is 0 Å². The number of benzene rings is 5. The molecule has 0 spiro atoms. The molecule has 7 rings (SSSR count). The van der Waals surface area contributed by atoms with Crippen LogP contribution >= 0.6 is 0 Å². The Morgan fingerprint density at radius 3 is 1.53 bits per heavy atom. The van der Waals surface area contributed by atoms with Gasteiger partial charge in [-0.05, 0) is 28.3 Å². The average molecular weight is 525 g/mol. The van der Waals surface area contributed by atoms with Crippen LogP contribution in [-0.2, 0) is 0 Å². The normalized spacial score (nSPS) is 15.1. The molecule has 0 aliphatic carbocycles. The van der Waals surface area contributed by atoms with Crippen molar-refractivity contribution in [3.05, 3.63) is 75.6 Å². The minimum absolute atomic E-state index is 0. The fourth-order valence-electron chi connectivity index (χ4n) is 5.37. The van der Waals surface area contributed by atoms with Gasteiger partial charge in [0.2, 0.25) is 0 Å². The van der Waals surface area contributed by atoms with Crippen molar-refractivity contribution in [1.82, 2.24) is 4.90 Å². The molecule has 0 saturated carbocycles. The second kappa shape index (κ2) is 6.94. The van der Waals surface area contributed by atoms with E-state index >= 15 is 8.78 Å². The van der Waals surface area contributed by atoms with Gasteiger partial charge in [-0.2, -0.15) is 0 Å². The fraction of sp³-hybridized carbons (Fsp3) is 0.0400. The van der Waals surface area contributed by atoms with Crippen molar-refractivity contribution in [2.45, 2.75) is 0 Å². The molecule has 0 N–H and O–H groups in total. The Bertz CT molecular complexity index is 1740. The van der Waals surface area contributed by atoms with Crippen LogP contribution < -0.4 is 58.2 Å². The monoisotopic (exact) mass is 524 g/mol. The molecule has 5 aromatic carbocycles. The van der Waals surface area contributed by atoms with Crippen molar-refractivity contribution in [2.75, 3.05) is 7.05 Å². The number of hydrogen-bond donors (Lipinski definition) is 0. The number of hydrogen-bond acceptors (Lipinski definition) is 4. The smallest absolute Gasteiger partial charge is 0.587 e. The standard InChI is InChI=1S/C25H10F2N2O4.Rb/c1-29-24(32)12-6-14(26)19-8-2-4-10-17-11(23(31)28-22(10)30)5-3-9(16(8)17)20-15(27)7-13(25(29)33)18(12)21(19)20;/h2-7H,1H3,(H,28,30,31);/q;+1/p-1. The van der Waals surface area contributed by atoms with E-state index in [1.54, 1.807) is 0 Å². The second-order valence-electron chi connectivity index (χ2n) is 8.27. The van der Waals surface area contributed by atoms with Gasteiger partial charge in [0.25, 0.3) is 11.8 Å². The van der Waals surface area contributed by atoms with E-state index in [2.05, 4.69) is 5.32 Å². The Labute approximate surface area is 238 Å². The van der Waals surface area contributed by atoms with Gasteiger partial charge in [-0.1, -0.05) is 24.3 Å². The van der Waals surface area contributed by atoms with Gasteiger partial charge < -0.3 is 14.9 Å². The van der Waals surface area contributed by atoms with Gasteiger partial charge in [-0.15, -0.1) is 0 Å². The molecular weight excluding hydrogens is 516 g/mol. The number of rotatable bonds is 0. The first-order valence-corrected chi connectivity index (χ1v) is 10.0. The maximum absolute atomic E-state index is 15.6. The van der Waals surface area contributed by atoms with Crippen LogP contribution in [-0.4, -0.2) is 35.6 Å². The summed E-state index contributed by atoms with van der Waals surface area (Å²) in [5, 5.41) is 5.24. The number of carbonyl (C=O) groups is 4. The first-order chi connectivity index (χ1) is 15.8. The predicted octanol–water partition coefficient (Wildman–Crippen LogP) is 1.91. The largest absolute Gasteiger partial charge is 1.00 e. The van der Waals surface area contributed by atoms with E-state index in [0.717, 1.165) is 17.0 Å². The Balaban J connectivity index is 0.00000217. The molecule has 0 unspecified atom stereocenters. The number of halogens is 2. The van der Waals surface area contributed by atoms with Crippen LogP contribution in [0.5, 0.6) is 0 Å². The van der Waals surface area contributed by atoms with Gasteiger partial charge in [-0.25, -0.2) is 8.78 Å². The summed E-state index contributed by atoms with van der Waals surface area (Å²) in [5.74, 6) is -4.32. The Kier molecular flexibility index (Phi) is 4.46. The van der Waals surface area contributed by atoms with E-state index in [-0.39, 0.29) is 102 Å². The third-order valence-electron chi connectivity index (χ3n) is 6.74. The van der Waals surface area contributed by atoms with Gasteiger partial charge >= 0.3 is 58.2 Å². The van der Waals surface area contributed by atoms with E-state index in [9.17, 15) is 19.2 Å². The van der Waals surface area contributed by atoms with Crippen LogP contribution in [0.1, 0.15) is 41.4 Å². The third kappa shape index (κ3) is 2.39. The maximum Gasteiger partial charge on any atom is 1.00 e.